The molecule has 0 saturated carbocycles. The summed E-state index contributed by atoms with van der Waals surface area (Å²) in [6.45, 7) is 1.45. The third kappa shape index (κ3) is 3.81. The Bertz CT molecular complexity index is 770. The molecule has 7 nitrogen and oxygen atoms in total. The van der Waals surface area contributed by atoms with E-state index in [0.717, 1.165) is 18.5 Å². The first-order valence-electron chi connectivity index (χ1n) is 8.41. The molecule has 2 heterocycles. The second-order valence-electron chi connectivity index (χ2n) is 6.20. The second kappa shape index (κ2) is 7.38. The lowest BCUT2D eigenvalue weighted by molar-refractivity contribution is 0.0687. The van der Waals surface area contributed by atoms with Crippen molar-refractivity contribution in [1.29, 1.82) is 0 Å². The third-order valence-electron chi connectivity index (χ3n) is 4.49. The molecule has 1 aromatic carbocycles. The molecule has 0 atom stereocenters. The molecule has 0 bridgehead atoms. The molecular weight excluding hydrogens is 320 g/mol. The summed E-state index contributed by atoms with van der Waals surface area (Å²) in [6, 6.07) is 9.99. The first-order valence-corrected chi connectivity index (χ1v) is 8.41. The van der Waals surface area contributed by atoms with Gasteiger partial charge in [-0.1, -0.05) is 30.3 Å². The quantitative estimate of drug-likeness (QED) is 0.812. The van der Waals surface area contributed by atoms with Gasteiger partial charge in [0.2, 0.25) is 0 Å². The zero-order chi connectivity index (χ0) is 17.8. The molecule has 2 aromatic rings. The number of carbonyl (C=O) groups is 2. The number of benzene rings is 1. The highest BCUT2D eigenvalue weighted by atomic mass is 16.4. The van der Waals surface area contributed by atoms with Gasteiger partial charge in [-0.3, -0.25) is 4.68 Å². The molecule has 132 valence electrons. The van der Waals surface area contributed by atoms with Crippen molar-refractivity contribution >= 4 is 12.0 Å². The maximum absolute atomic E-state index is 12.3. The number of carboxylic acid groups (broad SMARTS) is 1. The molecule has 0 fully saturated rings. The largest absolute Gasteiger partial charge is 0.476 e. The van der Waals surface area contributed by atoms with Gasteiger partial charge in [-0.2, -0.15) is 5.10 Å². The maximum Gasteiger partial charge on any atom is 0.356 e. The van der Waals surface area contributed by atoms with Crippen molar-refractivity contribution < 1.29 is 14.7 Å². The minimum absolute atomic E-state index is 0.0408. The zero-order valence-electron chi connectivity index (χ0n) is 14.2. The lowest BCUT2D eigenvalue weighted by Crippen LogP contribution is -2.43. The number of rotatable bonds is 5. The number of hydrogen-bond acceptors (Lipinski definition) is 3. The van der Waals surface area contributed by atoms with Gasteiger partial charge < -0.3 is 15.3 Å². The number of hydrogen-bond donors (Lipinski definition) is 2. The number of aromatic nitrogens is 2. The molecule has 1 aliphatic rings. The first-order chi connectivity index (χ1) is 12.1. The summed E-state index contributed by atoms with van der Waals surface area (Å²) in [4.78, 5) is 25.3. The van der Waals surface area contributed by atoms with E-state index in [9.17, 15) is 14.7 Å². The number of nitrogens with one attached hydrogen (secondary N) is 1. The Morgan fingerprint density at radius 2 is 2.04 bits per heavy atom. The van der Waals surface area contributed by atoms with E-state index in [1.54, 1.807) is 16.6 Å². The van der Waals surface area contributed by atoms with E-state index in [1.165, 1.54) is 5.56 Å². The standard InChI is InChI=1S/C18H22N4O3/c1-21-15-9-11-22(12-14(15)16(20-21)17(23)24)18(25)19-10-5-8-13-6-3-2-4-7-13/h2-4,6-7H,5,8-12H2,1H3,(H,19,25)(H,23,24). The Labute approximate surface area is 146 Å². The fourth-order valence-electron chi connectivity index (χ4n) is 3.18. The lowest BCUT2D eigenvalue weighted by atomic mass is 10.1. The van der Waals surface area contributed by atoms with Crippen molar-refractivity contribution in [1.82, 2.24) is 20.0 Å². The maximum atomic E-state index is 12.3. The topological polar surface area (TPSA) is 87.5 Å². The first kappa shape index (κ1) is 17.0. The van der Waals surface area contributed by atoms with Gasteiger partial charge in [-0.25, -0.2) is 9.59 Å². The van der Waals surface area contributed by atoms with Crippen molar-refractivity contribution in [3.8, 4) is 0 Å². The summed E-state index contributed by atoms with van der Waals surface area (Å²) in [7, 11) is 1.74. The van der Waals surface area contributed by atoms with Crippen LogP contribution in [0.2, 0.25) is 0 Å². The average molecular weight is 342 g/mol. The number of aryl methyl sites for hydroxylation is 2. The van der Waals surface area contributed by atoms with Gasteiger partial charge in [0.15, 0.2) is 5.69 Å². The summed E-state index contributed by atoms with van der Waals surface area (Å²) >= 11 is 0. The fourth-order valence-corrected chi connectivity index (χ4v) is 3.18. The molecule has 1 aliphatic heterocycles. The van der Waals surface area contributed by atoms with Crippen molar-refractivity contribution in [2.45, 2.75) is 25.8 Å². The van der Waals surface area contributed by atoms with E-state index in [2.05, 4.69) is 22.5 Å². The Balaban J connectivity index is 1.53. The van der Waals surface area contributed by atoms with Crippen LogP contribution in [0.25, 0.3) is 0 Å². The third-order valence-corrected chi connectivity index (χ3v) is 4.49. The van der Waals surface area contributed by atoms with Crippen LogP contribution >= 0.6 is 0 Å². The number of amides is 2. The molecule has 1 aromatic heterocycles. The molecule has 25 heavy (non-hydrogen) atoms. The van der Waals surface area contributed by atoms with E-state index in [0.29, 0.717) is 25.1 Å². The Kier molecular flexibility index (Phi) is 5.02. The predicted octanol–water partition coefficient (Wildman–Crippen LogP) is 1.82. The van der Waals surface area contributed by atoms with E-state index in [1.807, 2.05) is 18.2 Å². The van der Waals surface area contributed by atoms with Crippen molar-refractivity contribution in [2.75, 3.05) is 13.1 Å². The molecule has 3 rings (SSSR count). The van der Waals surface area contributed by atoms with Crippen LogP contribution in [-0.2, 0) is 26.4 Å². The molecule has 0 aliphatic carbocycles. The van der Waals surface area contributed by atoms with Gasteiger partial charge in [0.25, 0.3) is 0 Å². The van der Waals surface area contributed by atoms with Crippen molar-refractivity contribution in [3.05, 3.63) is 52.8 Å². The number of aromatic carboxylic acids is 1. The molecular formula is C18H22N4O3. The monoisotopic (exact) mass is 342 g/mol. The number of fused-ring (bicyclic) bond motifs is 1. The molecule has 7 heteroatoms. The normalized spacial score (nSPS) is 13.4. The fraction of sp³-hybridized carbons (Fsp3) is 0.389. The number of carbonyl (C=O) groups excluding carboxylic acids is 1. The highest BCUT2D eigenvalue weighted by Gasteiger charge is 2.28. The van der Waals surface area contributed by atoms with Crippen LogP contribution in [0.5, 0.6) is 0 Å². The number of nitrogens with zero attached hydrogens (tertiary/aromatic N) is 3. The predicted molar refractivity (Wildman–Crippen MR) is 92.4 cm³/mol. The highest BCUT2D eigenvalue weighted by molar-refractivity contribution is 5.87. The van der Waals surface area contributed by atoms with Crippen LogP contribution in [0.4, 0.5) is 4.79 Å². The molecule has 0 unspecified atom stereocenters. The van der Waals surface area contributed by atoms with Crippen LogP contribution in [-0.4, -0.2) is 44.9 Å². The molecule has 2 N–H and O–H groups in total. The smallest absolute Gasteiger partial charge is 0.356 e. The number of urea groups is 1. The summed E-state index contributed by atoms with van der Waals surface area (Å²) in [6.07, 6.45) is 2.39. The summed E-state index contributed by atoms with van der Waals surface area (Å²) in [5, 5.41) is 16.2. The van der Waals surface area contributed by atoms with E-state index in [4.69, 9.17) is 0 Å². The SMILES string of the molecule is Cn1nc(C(=O)O)c2c1CCN(C(=O)NCCCc1ccccc1)C2. The molecule has 0 radical (unpaired) electrons. The molecule has 2 amide bonds. The van der Waals surface area contributed by atoms with Crippen LogP contribution in [0.1, 0.15) is 33.7 Å². The van der Waals surface area contributed by atoms with Gasteiger partial charge in [-0.05, 0) is 18.4 Å². The number of carboxylic acids is 1. The van der Waals surface area contributed by atoms with Crippen LogP contribution < -0.4 is 5.32 Å². The van der Waals surface area contributed by atoms with Gasteiger partial charge in [0, 0.05) is 37.8 Å². The summed E-state index contributed by atoms with van der Waals surface area (Å²) in [5.74, 6) is -1.05. The zero-order valence-corrected chi connectivity index (χ0v) is 14.2. The van der Waals surface area contributed by atoms with E-state index < -0.39 is 5.97 Å². The Morgan fingerprint density at radius 3 is 2.76 bits per heavy atom. The second-order valence-corrected chi connectivity index (χ2v) is 6.20. The lowest BCUT2D eigenvalue weighted by Gasteiger charge is -2.27. The van der Waals surface area contributed by atoms with Crippen molar-refractivity contribution in [2.24, 2.45) is 7.05 Å². The highest BCUT2D eigenvalue weighted by Crippen LogP contribution is 2.22. The van der Waals surface area contributed by atoms with Gasteiger partial charge in [0.1, 0.15) is 0 Å². The molecule has 0 spiro atoms. The van der Waals surface area contributed by atoms with E-state index in [-0.39, 0.29) is 18.3 Å². The van der Waals surface area contributed by atoms with E-state index >= 15 is 0 Å². The average Bonchev–Trinajstić information content (AvgIpc) is 2.96. The van der Waals surface area contributed by atoms with Gasteiger partial charge in [0.05, 0.1) is 6.54 Å². The minimum atomic E-state index is -1.05. The Hall–Kier alpha value is -2.83. The molecule has 0 saturated heterocycles. The Morgan fingerprint density at radius 1 is 1.28 bits per heavy atom. The summed E-state index contributed by atoms with van der Waals surface area (Å²) in [5.41, 5.74) is 2.83. The minimum Gasteiger partial charge on any atom is -0.476 e. The summed E-state index contributed by atoms with van der Waals surface area (Å²) < 4.78 is 1.61. The van der Waals surface area contributed by atoms with Gasteiger partial charge in [-0.15, -0.1) is 0 Å². The van der Waals surface area contributed by atoms with Gasteiger partial charge >= 0.3 is 12.0 Å². The van der Waals surface area contributed by atoms with Crippen LogP contribution in [0, 0.1) is 0 Å². The van der Waals surface area contributed by atoms with Crippen LogP contribution in [0.15, 0.2) is 30.3 Å². The van der Waals surface area contributed by atoms with Crippen molar-refractivity contribution in [3.63, 3.8) is 0 Å². The van der Waals surface area contributed by atoms with Crippen LogP contribution in [0.3, 0.4) is 0 Å².